The molecule has 54 valence electrons. The number of ether oxygens (including phenoxy) is 3. The molecular formula is C6H12O3. The average Bonchev–Trinajstić information content (AvgIpc) is 1.90. The Morgan fingerprint density at radius 3 is 2.11 bits per heavy atom. The number of hydrogen-bond donors (Lipinski definition) is 0. The van der Waals surface area contributed by atoms with E-state index >= 15 is 0 Å². The zero-order chi connectivity index (χ0) is 6.69. The Bertz CT molecular complexity index is 76.4. The SMILES string of the molecule is CC(C)C1OCOCO1. The monoisotopic (exact) mass is 132 g/mol. The molecule has 1 heterocycles. The second-order valence-electron chi connectivity index (χ2n) is 2.39. The van der Waals surface area contributed by atoms with Gasteiger partial charge in [-0.15, -0.1) is 0 Å². The van der Waals surface area contributed by atoms with Crippen molar-refractivity contribution < 1.29 is 14.2 Å². The lowest BCUT2D eigenvalue weighted by Crippen LogP contribution is -2.30. The van der Waals surface area contributed by atoms with Crippen molar-refractivity contribution in [3.8, 4) is 0 Å². The van der Waals surface area contributed by atoms with Crippen molar-refractivity contribution in [1.29, 1.82) is 0 Å². The quantitative estimate of drug-likeness (QED) is 0.531. The molecule has 0 aliphatic carbocycles. The summed E-state index contributed by atoms with van der Waals surface area (Å²) >= 11 is 0. The van der Waals surface area contributed by atoms with Gasteiger partial charge in [0.2, 0.25) is 0 Å². The first-order chi connectivity index (χ1) is 4.30. The van der Waals surface area contributed by atoms with Crippen molar-refractivity contribution in [2.75, 3.05) is 13.6 Å². The molecule has 1 fully saturated rings. The Morgan fingerprint density at radius 2 is 1.78 bits per heavy atom. The lowest BCUT2D eigenvalue weighted by Gasteiger charge is -2.25. The predicted molar refractivity (Wildman–Crippen MR) is 31.6 cm³/mol. The third-order valence-corrected chi connectivity index (χ3v) is 1.18. The highest BCUT2D eigenvalue weighted by atomic mass is 16.8. The fourth-order valence-electron chi connectivity index (χ4n) is 0.697. The van der Waals surface area contributed by atoms with Crippen molar-refractivity contribution in [2.45, 2.75) is 20.1 Å². The van der Waals surface area contributed by atoms with E-state index in [1.807, 2.05) is 0 Å². The van der Waals surface area contributed by atoms with Crippen LogP contribution in [-0.4, -0.2) is 19.9 Å². The highest BCUT2D eigenvalue weighted by molar-refractivity contribution is 4.49. The molecule has 0 saturated carbocycles. The molecule has 0 aromatic carbocycles. The second-order valence-corrected chi connectivity index (χ2v) is 2.39. The van der Waals surface area contributed by atoms with Crippen LogP contribution in [0.1, 0.15) is 13.8 Å². The smallest absolute Gasteiger partial charge is 0.165 e. The second kappa shape index (κ2) is 3.15. The highest BCUT2D eigenvalue weighted by Crippen LogP contribution is 2.11. The van der Waals surface area contributed by atoms with Crippen LogP contribution in [0.25, 0.3) is 0 Å². The maximum Gasteiger partial charge on any atom is 0.165 e. The first-order valence-corrected chi connectivity index (χ1v) is 3.11. The average molecular weight is 132 g/mol. The molecule has 0 N–H and O–H groups in total. The molecule has 1 aliphatic heterocycles. The van der Waals surface area contributed by atoms with E-state index in [2.05, 4.69) is 13.8 Å². The largest absolute Gasteiger partial charge is 0.329 e. The maximum absolute atomic E-state index is 5.09. The van der Waals surface area contributed by atoms with E-state index in [4.69, 9.17) is 14.2 Å². The zero-order valence-electron chi connectivity index (χ0n) is 5.79. The molecule has 0 spiro atoms. The van der Waals surface area contributed by atoms with Gasteiger partial charge in [0.25, 0.3) is 0 Å². The zero-order valence-corrected chi connectivity index (χ0v) is 5.79. The summed E-state index contributed by atoms with van der Waals surface area (Å²) in [5.41, 5.74) is 0. The fourth-order valence-corrected chi connectivity index (χ4v) is 0.697. The molecule has 3 heteroatoms. The van der Waals surface area contributed by atoms with E-state index in [1.54, 1.807) is 0 Å². The lowest BCUT2D eigenvalue weighted by molar-refractivity contribution is -0.310. The molecule has 9 heavy (non-hydrogen) atoms. The predicted octanol–water partition coefficient (Wildman–Crippen LogP) is 0.947. The Hall–Kier alpha value is -0.120. The molecular weight excluding hydrogens is 120 g/mol. The first-order valence-electron chi connectivity index (χ1n) is 3.11. The van der Waals surface area contributed by atoms with Gasteiger partial charge in [-0.05, 0) is 0 Å². The first kappa shape index (κ1) is 6.99. The van der Waals surface area contributed by atoms with Gasteiger partial charge < -0.3 is 14.2 Å². The Morgan fingerprint density at radius 1 is 1.22 bits per heavy atom. The van der Waals surface area contributed by atoms with Gasteiger partial charge in [0.15, 0.2) is 19.9 Å². The van der Waals surface area contributed by atoms with Gasteiger partial charge in [0, 0.05) is 5.92 Å². The summed E-state index contributed by atoms with van der Waals surface area (Å²) < 4.78 is 15.0. The summed E-state index contributed by atoms with van der Waals surface area (Å²) in [5, 5.41) is 0. The third kappa shape index (κ3) is 1.93. The van der Waals surface area contributed by atoms with Crippen molar-refractivity contribution in [3.63, 3.8) is 0 Å². The molecule has 0 atom stereocenters. The van der Waals surface area contributed by atoms with Gasteiger partial charge in [0.05, 0.1) is 0 Å². The van der Waals surface area contributed by atoms with Crippen molar-refractivity contribution in [3.05, 3.63) is 0 Å². The summed E-state index contributed by atoms with van der Waals surface area (Å²) in [7, 11) is 0. The molecule has 0 bridgehead atoms. The van der Waals surface area contributed by atoms with Crippen LogP contribution < -0.4 is 0 Å². The fraction of sp³-hybridized carbons (Fsp3) is 1.00. The lowest BCUT2D eigenvalue weighted by atomic mass is 10.2. The van der Waals surface area contributed by atoms with E-state index in [9.17, 15) is 0 Å². The minimum absolute atomic E-state index is 0.0706. The Labute approximate surface area is 54.9 Å². The van der Waals surface area contributed by atoms with E-state index < -0.39 is 0 Å². The standard InChI is InChI=1S/C6H12O3/c1-5(2)6-8-3-7-4-9-6/h5-6H,3-4H2,1-2H3. The topological polar surface area (TPSA) is 27.7 Å². The van der Waals surface area contributed by atoms with Crippen LogP contribution in [0.5, 0.6) is 0 Å². The Balaban J connectivity index is 2.23. The van der Waals surface area contributed by atoms with Crippen LogP contribution in [0.2, 0.25) is 0 Å². The molecule has 0 aromatic rings. The van der Waals surface area contributed by atoms with Crippen molar-refractivity contribution in [1.82, 2.24) is 0 Å². The molecule has 1 rings (SSSR count). The summed E-state index contributed by atoms with van der Waals surface area (Å²) in [6, 6.07) is 0. The van der Waals surface area contributed by atoms with Crippen molar-refractivity contribution >= 4 is 0 Å². The van der Waals surface area contributed by atoms with Crippen LogP contribution in [0, 0.1) is 5.92 Å². The highest BCUT2D eigenvalue weighted by Gasteiger charge is 2.17. The van der Waals surface area contributed by atoms with Gasteiger partial charge in [-0.1, -0.05) is 13.8 Å². The third-order valence-electron chi connectivity index (χ3n) is 1.18. The number of rotatable bonds is 1. The normalized spacial score (nSPS) is 23.0. The van der Waals surface area contributed by atoms with E-state index in [1.165, 1.54) is 0 Å². The molecule has 1 saturated heterocycles. The van der Waals surface area contributed by atoms with Crippen LogP contribution in [0.15, 0.2) is 0 Å². The van der Waals surface area contributed by atoms with Crippen LogP contribution in [0.4, 0.5) is 0 Å². The van der Waals surface area contributed by atoms with Gasteiger partial charge in [-0.3, -0.25) is 0 Å². The molecule has 0 amide bonds. The summed E-state index contributed by atoms with van der Waals surface area (Å²) in [6.45, 7) is 4.83. The van der Waals surface area contributed by atoms with Crippen molar-refractivity contribution in [2.24, 2.45) is 5.92 Å². The van der Waals surface area contributed by atoms with E-state index in [0.29, 0.717) is 19.5 Å². The molecule has 0 unspecified atom stereocenters. The van der Waals surface area contributed by atoms with Gasteiger partial charge >= 0.3 is 0 Å². The van der Waals surface area contributed by atoms with E-state index in [-0.39, 0.29) is 6.29 Å². The maximum atomic E-state index is 5.09. The summed E-state index contributed by atoms with van der Waals surface area (Å²) in [6.07, 6.45) is -0.0706. The minimum atomic E-state index is -0.0706. The van der Waals surface area contributed by atoms with Crippen LogP contribution in [0.3, 0.4) is 0 Å². The Kier molecular flexibility index (Phi) is 2.45. The van der Waals surface area contributed by atoms with E-state index in [0.717, 1.165) is 0 Å². The minimum Gasteiger partial charge on any atom is -0.329 e. The molecule has 0 aromatic heterocycles. The van der Waals surface area contributed by atoms with Gasteiger partial charge in [-0.2, -0.15) is 0 Å². The summed E-state index contributed by atoms with van der Waals surface area (Å²) in [5.74, 6) is 0.411. The summed E-state index contributed by atoms with van der Waals surface area (Å²) in [4.78, 5) is 0. The van der Waals surface area contributed by atoms with Crippen LogP contribution >= 0.6 is 0 Å². The van der Waals surface area contributed by atoms with Gasteiger partial charge in [-0.25, -0.2) is 0 Å². The number of hydrogen-bond acceptors (Lipinski definition) is 3. The molecule has 0 radical (unpaired) electrons. The molecule has 1 aliphatic rings. The molecule has 3 nitrogen and oxygen atoms in total. The van der Waals surface area contributed by atoms with Crippen LogP contribution in [-0.2, 0) is 14.2 Å². The van der Waals surface area contributed by atoms with Gasteiger partial charge in [0.1, 0.15) is 0 Å².